The van der Waals surface area contributed by atoms with Crippen molar-refractivity contribution in [3.8, 4) is 0 Å². The number of aromatic nitrogens is 1. The van der Waals surface area contributed by atoms with Gasteiger partial charge >= 0.3 is 0 Å². The van der Waals surface area contributed by atoms with E-state index in [9.17, 15) is 4.39 Å². The Hall–Kier alpha value is -1.45. The van der Waals surface area contributed by atoms with E-state index in [1.807, 2.05) is 19.2 Å². The first-order chi connectivity index (χ1) is 9.67. The van der Waals surface area contributed by atoms with Crippen LogP contribution in [0.4, 0.5) is 4.39 Å². The molecule has 0 aliphatic heterocycles. The summed E-state index contributed by atoms with van der Waals surface area (Å²) in [7, 11) is 0. The van der Waals surface area contributed by atoms with Gasteiger partial charge in [-0.15, -0.1) is 0 Å². The first kappa shape index (κ1) is 14.9. The predicted molar refractivity (Wildman–Crippen MR) is 80.5 cm³/mol. The van der Waals surface area contributed by atoms with Crippen molar-refractivity contribution in [2.45, 2.75) is 26.3 Å². The summed E-state index contributed by atoms with van der Waals surface area (Å²) in [6.07, 6.45) is 4.48. The number of halogens is 2. The molecule has 0 bridgehead atoms. The Morgan fingerprint density at radius 1 is 1.25 bits per heavy atom. The van der Waals surface area contributed by atoms with Crippen LogP contribution in [0.3, 0.4) is 0 Å². The number of hydrogen-bond donors (Lipinski definition) is 1. The molecule has 1 aromatic heterocycles. The number of rotatable bonds is 5. The van der Waals surface area contributed by atoms with E-state index in [-0.39, 0.29) is 11.9 Å². The Kier molecular flexibility index (Phi) is 5.10. The second-order valence-corrected chi connectivity index (χ2v) is 4.99. The molecule has 1 aromatic carbocycles. The first-order valence-corrected chi connectivity index (χ1v) is 7.16. The lowest BCUT2D eigenvalue weighted by atomic mass is 9.94. The summed E-state index contributed by atoms with van der Waals surface area (Å²) in [4.78, 5) is 4.16. The fourth-order valence-electron chi connectivity index (χ4n) is 2.34. The molecule has 0 aliphatic rings. The van der Waals surface area contributed by atoms with Gasteiger partial charge < -0.3 is 5.32 Å². The Morgan fingerprint density at radius 3 is 2.75 bits per heavy atom. The summed E-state index contributed by atoms with van der Waals surface area (Å²) in [6.45, 7) is 4.87. The van der Waals surface area contributed by atoms with E-state index in [0.29, 0.717) is 5.02 Å². The third-order valence-corrected chi connectivity index (χ3v) is 3.65. The smallest absolute Gasteiger partial charge is 0.123 e. The zero-order chi connectivity index (χ0) is 14.5. The standard InChI is InChI=1S/C16H18ClFN2/c1-3-11-10-19-8-7-13(11)16(20-4-2)14-9-12(18)5-6-15(14)17/h5-10,16,20H,3-4H2,1-2H3. The minimum atomic E-state index is -0.278. The second kappa shape index (κ2) is 6.82. The third kappa shape index (κ3) is 3.17. The van der Waals surface area contributed by atoms with E-state index in [1.165, 1.54) is 12.1 Å². The number of pyridine rings is 1. The minimum absolute atomic E-state index is 0.124. The van der Waals surface area contributed by atoms with Crippen molar-refractivity contribution in [2.24, 2.45) is 0 Å². The summed E-state index contributed by atoms with van der Waals surface area (Å²) in [5.74, 6) is -0.278. The fourth-order valence-corrected chi connectivity index (χ4v) is 2.57. The van der Waals surface area contributed by atoms with Gasteiger partial charge in [0.2, 0.25) is 0 Å². The van der Waals surface area contributed by atoms with Crippen LogP contribution in [0.1, 0.15) is 36.6 Å². The molecule has 2 nitrogen and oxygen atoms in total. The van der Waals surface area contributed by atoms with Crippen LogP contribution in [0.5, 0.6) is 0 Å². The van der Waals surface area contributed by atoms with E-state index in [1.54, 1.807) is 12.3 Å². The highest BCUT2D eigenvalue weighted by atomic mass is 35.5. The van der Waals surface area contributed by atoms with Crippen molar-refractivity contribution >= 4 is 11.6 Å². The van der Waals surface area contributed by atoms with E-state index < -0.39 is 0 Å². The van der Waals surface area contributed by atoms with E-state index >= 15 is 0 Å². The van der Waals surface area contributed by atoms with Gasteiger partial charge in [-0.05, 0) is 53.9 Å². The number of hydrogen-bond acceptors (Lipinski definition) is 2. The van der Waals surface area contributed by atoms with Crippen LogP contribution in [-0.4, -0.2) is 11.5 Å². The Bertz CT molecular complexity index is 586. The lowest BCUT2D eigenvalue weighted by Gasteiger charge is -2.22. The number of aryl methyl sites for hydroxylation is 1. The molecular weight excluding hydrogens is 275 g/mol. The molecule has 1 atom stereocenters. The molecule has 4 heteroatoms. The quantitative estimate of drug-likeness (QED) is 0.896. The Morgan fingerprint density at radius 2 is 2.05 bits per heavy atom. The van der Waals surface area contributed by atoms with Crippen LogP contribution in [0, 0.1) is 5.82 Å². The maximum Gasteiger partial charge on any atom is 0.123 e. The topological polar surface area (TPSA) is 24.9 Å². The highest BCUT2D eigenvalue weighted by Gasteiger charge is 2.19. The van der Waals surface area contributed by atoms with Gasteiger partial charge in [-0.3, -0.25) is 4.98 Å². The average molecular weight is 293 g/mol. The molecule has 1 unspecified atom stereocenters. The van der Waals surface area contributed by atoms with Gasteiger partial charge in [0.05, 0.1) is 6.04 Å². The Balaban J connectivity index is 2.53. The second-order valence-electron chi connectivity index (χ2n) is 4.58. The lowest BCUT2D eigenvalue weighted by molar-refractivity contribution is 0.600. The zero-order valence-electron chi connectivity index (χ0n) is 11.7. The maximum atomic E-state index is 13.5. The maximum absolute atomic E-state index is 13.5. The molecule has 0 amide bonds. The normalized spacial score (nSPS) is 12.4. The number of benzene rings is 1. The molecular formula is C16H18ClFN2. The van der Waals surface area contributed by atoms with Gasteiger partial charge in [0.1, 0.15) is 5.82 Å². The highest BCUT2D eigenvalue weighted by molar-refractivity contribution is 6.31. The highest BCUT2D eigenvalue weighted by Crippen LogP contribution is 2.30. The molecule has 0 radical (unpaired) electrons. The van der Waals surface area contributed by atoms with Crippen LogP contribution in [-0.2, 0) is 6.42 Å². The molecule has 0 saturated heterocycles. The molecule has 0 fully saturated rings. The molecule has 106 valence electrons. The van der Waals surface area contributed by atoms with E-state index in [0.717, 1.165) is 29.7 Å². The molecule has 1 N–H and O–H groups in total. The molecule has 20 heavy (non-hydrogen) atoms. The monoisotopic (exact) mass is 292 g/mol. The van der Waals surface area contributed by atoms with E-state index in [4.69, 9.17) is 11.6 Å². The first-order valence-electron chi connectivity index (χ1n) is 6.78. The van der Waals surface area contributed by atoms with Gasteiger partial charge in [0, 0.05) is 17.4 Å². The van der Waals surface area contributed by atoms with Crippen molar-refractivity contribution in [1.29, 1.82) is 0 Å². The van der Waals surface area contributed by atoms with Gasteiger partial charge in [-0.1, -0.05) is 25.4 Å². The Labute approximate surface area is 124 Å². The van der Waals surface area contributed by atoms with Crippen molar-refractivity contribution in [3.05, 3.63) is 64.2 Å². The average Bonchev–Trinajstić information content (AvgIpc) is 2.47. The molecule has 1 heterocycles. The molecule has 2 rings (SSSR count). The molecule has 0 aliphatic carbocycles. The van der Waals surface area contributed by atoms with Crippen molar-refractivity contribution < 1.29 is 4.39 Å². The SMILES string of the molecule is CCNC(c1cc(F)ccc1Cl)c1ccncc1CC. The molecule has 0 spiro atoms. The summed E-state index contributed by atoms with van der Waals surface area (Å²) in [5, 5.41) is 3.95. The molecule has 0 saturated carbocycles. The third-order valence-electron chi connectivity index (χ3n) is 3.31. The van der Waals surface area contributed by atoms with Gasteiger partial charge in [0.25, 0.3) is 0 Å². The van der Waals surface area contributed by atoms with E-state index in [2.05, 4.69) is 17.2 Å². The van der Waals surface area contributed by atoms with Gasteiger partial charge in [-0.25, -0.2) is 4.39 Å². The van der Waals surface area contributed by atoms with Crippen molar-refractivity contribution in [3.63, 3.8) is 0 Å². The van der Waals surface area contributed by atoms with Crippen LogP contribution in [0.2, 0.25) is 5.02 Å². The lowest BCUT2D eigenvalue weighted by Crippen LogP contribution is -2.23. The zero-order valence-corrected chi connectivity index (χ0v) is 12.4. The largest absolute Gasteiger partial charge is 0.306 e. The minimum Gasteiger partial charge on any atom is -0.306 e. The van der Waals surface area contributed by atoms with Crippen LogP contribution >= 0.6 is 11.6 Å². The summed E-state index contributed by atoms with van der Waals surface area (Å²) < 4.78 is 13.5. The van der Waals surface area contributed by atoms with Crippen LogP contribution in [0.15, 0.2) is 36.7 Å². The fraction of sp³-hybridized carbons (Fsp3) is 0.312. The summed E-state index contributed by atoms with van der Waals surface area (Å²) >= 11 is 6.25. The summed E-state index contributed by atoms with van der Waals surface area (Å²) in [6, 6.07) is 6.31. The predicted octanol–water partition coefficient (Wildman–Crippen LogP) is 4.14. The molecule has 2 aromatic rings. The van der Waals surface area contributed by atoms with Crippen LogP contribution < -0.4 is 5.32 Å². The number of nitrogens with one attached hydrogen (secondary N) is 1. The number of nitrogens with zero attached hydrogens (tertiary/aromatic N) is 1. The van der Waals surface area contributed by atoms with Crippen LogP contribution in [0.25, 0.3) is 0 Å². The van der Waals surface area contributed by atoms with Gasteiger partial charge in [-0.2, -0.15) is 0 Å². The summed E-state index contributed by atoms with van der Waals surface area (Å²) in [5.41, 5.74) is 2.99. The van der Waals surface area contributed by atoms with Crippen molar-refractivity contribution in [2.75, 3.05) is 6.54 Å². The van der Waals surface area contributed by atoms with Crippen molar-refractivity contribution in [1.82, 2.24) is 10.3 Å². The van der Waals surface area contributed by atoms with Gasteiger partial charge in [0.15, 0.2) is 0 Å².